The molecule has 21 heavy (non-hydrogen) atoms. The van der Waals surface area contributed by atoms with E-state index in [-0.39, 0.29) is 6.10 Å². The molecule has 0 aromatic carbocycles. The summed E-state index contributed by atoms with van der Waals surface area (Å²) in [4.78, 5) is 4.36. The van der Waals surface area contributed by atoms with E-state index in [0.717, 1.165) is 22.3 Å². The number of anilines is 1. The average Bonchev–Trinajstić information content (AvgIpc) is 3.03. The Balaban J connectivity index is 2.01. The molecule has 2 aromatic rings. The summed E-state index contributed by atoms with van der Waals surface area (Å²) < 4.78 is 13.1. The van der Waals surface area contributed by atoms with Crippen LogP contribution < -0.4 is 5.32 Å². The van der Waals surface area contributed by atoms with Crippen molar-refractivity contribution in [3.8, 4) is 0 Å². The highest BCUT2D eigenvalue weighted by Crippen LogP contribution is 2.32. The van der Waals surface area contributed by atoms with Crippen molar-refractivity contribution in [1.29, 1.82) is 0 Å². The van der Waals surface area contributed by atoms with Crippen molar-refractivity contribution >= 4 is 16.7 Å². The first-order valence-electron chi connectivity index (χ1n) is 7.06. The number of pyridine rings is 1. The normalized spacial score (nSPS) is 22.6. The zero-order valence-electron chi connectivity index (χ0n) is 12.8. The van der Waals surface area contributed by atoms with Gasteiger partial charge < -0.3 is 24.5 Å². The van der Waals surface area contributed by atoms with E-state index in [0.29, 0.717) is 6.61 Å². The largest absolute Gasteiger partial charge is 0.373 e. The highest BCUT2D eigenvalue weighted by Gasteiger charge is 2.37. The third kappa shape index (κ3) is 2.39. The number of hydrogen-bond acceptors (Lipinski definition) is 5. The summed E-state index contributed by atoms with van der Waals surface area (Å²) >= 11 is 0. The Bertz CT molecular complexity index is 665. The minimum atomic E-state index is -0.796. The molecular formula is C15H21N3O3. The zero-order valence-corrected chi connectivity index (χ0v) is 12.8. The number of rotatable bonds is 3. The molecule has 6 nitrogen and oxygen atoms in total. The molecule has 0 amide bonds. The SMILES string of the molecule is CNc1ncc(C)c2c1ccn2[C@H](O)[C@H]1COC(C)(C)O1. The Morgan fingerprint density at radius 1 is 1.52 bits per heavy atom. The molecule has 0 unspecified atom stereocenters. The van der Waals surface area contributed by atoms with Crippen LogP contribution in [0.15, 0.2) is 18.5 Å². The van der Waals surface area contributed by atoms with Crippen LogP contribution in [0.1, 0.15) is 25.6 Å². The Hall–Kier alpha value is -1.63. The van der Waals surface area contributed by atoms with Crippen LogP contribution in [0.25, 0.3) is 10.9 Å². The Labute approximate surface area is 123 Å². The van der Waals surface area contributed by atoms with Crippen molar-refractivity contribution in [1.82, 2.24) is 9.55 Å². The summed E-state index contributed by atoms with van der Waals surface area (Å²) in [5.74, 6) is 0.145. The number of aliphatic hydroxyl groups is 1. The molecule has 2 aromatic heterocycles. The molecule has 1 fully saturated rings. The number of ether oxygens (including phenoxy) is 2. The maximum absolute atomic E-state index is 10.6. The molecule has 0 radical (unpaired) electrons. The molecule has 2 N–H and O–H groups in total. The zero-order chi connectivity index (χ0) is 15.2. The molecule has 0 spiro atoms. The van der Waals surface area contributed by atoms with E-state index >= 15 is 0 Å². The lowest BCUT2D eigenvalue weighted by atomic mass is 10.2. The van der Waals surface area contributed by atoms with Gasteiger partial charge in [-0.3, -0.25) is 0 Å². The fourth-order valence-corrected chi connectivity index (χ4v) is 2.81. The number of aromatic nitrogens is 2. The van der Waals surface area contributed by atoms with Gasteiger partial charge in [0.15, 0.2) is 12.0 Å². The van der Waals surface area contributed by atoms with Crippen LogP contribution in [0.3, 0.4) is 0 Å². The summed E-state index contributed by atoms with van der Waals surface area (Å²) in [5.41, 5.74) is 1.96. The van der Waals surface area contributed by atoms with Gasteiger partial charge in [-0.15, -0.1) is 0 Å². The number of hydrogen-bond donors (Lipinski definition) is 2. The van der Waals surface area contributed by atoms with E-state index in [2.05, 4.69) is 10.3 Å². The highest BCUT2D eigenvalue weighted by molar-refractivity contribution is 5.92. The van der Waals surface area contributed by atoms with E-state index in [9.17, 15) is 5.11 Å². The van der Waals surface area contributed by atoms with Gasteiger partial charge in [-0.05, 0) is 32.4 Å². The van der Waals surface area contributed by atoms with Crippen LogP contribution in [0.5, 0.6) is 0 Å². The van der Waals surface area contributed by atoms with Crippen LogP contribution in [0.2, 0.25) is 0 Å². The maximum atomic E-state index is 10.6. The van der Waals surface area contributed by atoms with Crippen molar-refractivity contribution in [3.63, 3.8) is 0 Å². The van der Waals surface area contributed by atoms with Crippen molar-refractivity contribution in [2.24, 2.45) is 0 Å². The Morgan fingerprint density at radius 3 is 2.90 bits per heavy atom. The van der Waals surface area contributed by atoms with Gasteiger partial charge in [-0.1, -0.05) is 0 Å². The monoisotopic (exact) mass is 291 g/mol. The molecule has 3 heterocycles. The molecule has 0 aliphatic carbocycles. The van der Waals surface area contributed by atoms with Crippen molar-refractivity contribution in [3.05, 3.63) is 24.0 Å². The molecule has 6 heteroatoms. The van der Waals surface area contributed by atoms with Gasteiger partial charge in [0.1, 0.15) is 11.9 Å². The first kappa shape index (κ1) is 14.3. The first-order valence-corrected chi connectivity index (χ1v) is 7.06. The molecular weight excluding hydrogens is 270 g/mol. The molecule has 3 rings (SSSR count). The molecule has 0 bridgehead atoms. The summed E-state index contributed by atoms with van der Waals surface area (Å²) in [7, 11) is 1.83. The first-order chi connectivity index (χ1) is 9.93. The Kier molecular flexibility index (Phi) is 3.39. The van der Waals surface area contributed by atoms with Crippen LogP contribution >= 0.6 is 0 Å². The van der Waals surface area contributed by atoms with E-state index in [4.69, 9.17) is 9.47 Å². The summed E-state index contributed by atoms with van der Waals surface area (Å²) in [5, 5.41) is 14.7. The molecule has 2 atom stereocenters. The second-order valence-corrected chi connectivity index (χ2v) is 5.81. The number of aryl methyl sites for hydroxylation is 1. The lowest BCUT2D eigenvalue weighted by molar-refractivity contribution is -0.158. The minimum absolute atomic E-state index is 0.372. The lowest BCUT2D eigenvalue weighted by Crippen LogP contribution is -2.28. The average molecular weight is 291 g/mol. The molecule has 1 aliphatic rings. The number of aliphatic hydroxyl groups excluding tert-OH is 1. The smallest absolute Gasteiger partial charge is 0.163 e. The maximum Gasteiger partial charge on any atom is 0.163 e. The summed E-state index contributed by atoms with van der Waals surface area (Å²) in [6, 6.07) is 1.95. The minimum Gasteiger partial charge on any atom is -0.373 e. The fraction of sp³-hybridized carbons (Fsp3) is 0.533. The van der Waals surface area contributed by atoms with E-state index < -0.39 is 12.0 Å². The number of fused-ring (bicyclic) bond motifs is 1. The molecule has 114 valence electrons. The summed E-state index contributed by atoms with van der Waals surface area (Å²) in [6.07, 6.45) is 2.48. The second-order valence-electron chi connectivity index (χ2n) is 5.81. The molecule has 1 aliphatic heterocycles. The summed E-state index contributed by atoms with van der Waals surface area (Å²) in [6.45, 7) is 6.05. The second kappa shape index (κ2) is 4.98. The van der Waals surface area contributed by atoms with Gasteiger partial charge in [-0.2, -0.15) is 0 Å². The third-order valence-electron chi connectivity index (χ3n) is 3.82. The van der Waals surface area contributed by atoms with Crippen LogP contribution in [0, 0.1) is 6.92 Å². The van der Waals surface area contributed by atoms with E-state index in [1.807, 2.05) is 44.6 Å². The van der Waals surface area contributed by atoms with Gasteiger partial charge in [0, 0.05) is 24.8 Å². The molecule has 1 saturated heterocycles. The third-order valence-corrected chi connectivity index (χ3v) is 3.82. The van der Waals surface area contributed by atoms with Crippen molar-refractivity contribution in [2.45, 2.75) is 38.9 Å². The predicted octanol–water partition coefficient (Wildman–Crippen LogP) is 2.03. The van der Waals surface area contributed by atoms with Gasteiger partial charge in [0.2, 0.25) is 0 Å². The van der Waals surface area contributed by atoms with Crippen LogP contribution in [-0.4, -0.2) is 40.2 Å². The van der Waals surface area contributed by atoms with E-state index in [1.54, 1.807) is 6.20 Å². The van der Waals surface area contributed by atoms with Crippen LogP contribution in [-0.2, 0) is 9.47 Å². The fourth-order valence-electron chi connectivity index (χ4n) is 2.81. The molecule has 0 saturated carbocycles. The van der Waals surface area contributed by atoms with Gasteiger partial charge in [-0.25, -0.2) is 4.98 Å². The van der Waals surface area contributed by atoms with E-state index in [1.165, 1.54) is 0 Å². The quantitative estimate of drug-likeness (QED) is 0.905. The van der Waals surface area contributed by atoms with Crippen molar-refractivity contribution < 1.29 is 14.6 Å². The standard InChI is InChI=1S/C15H21N3O3/c1-9-7-17-13(16-4)10-5-6-18(12(9)10)14(19)11-8-20-15(2,3)21-11/h5-7,11,14,19H,8H2,1-4H3,(H,16,17)/t11-,14-/m1/s1. The topological polar surface area (TPSA) is 68.5 Å². The van der Waals surface area contributed by atoms with Crippen LogP contribution in [0.4, 0.5) is 5.82 Å². The number of nitrogens with zero attached hydrogens (tertiary/aromatic N) is 2. The number of nitrogens with one attached hydrogen (secondary N) is 1. The highest BCUT2D eigenvalue weighted by atomic mass is 16.7. The van der Waals surface area contributed by atoms with Crippen molar-refractivity contribution in [2.75, 3.05) is 19.0 Å². The lowest BCUT2D eigenvalue weighted by Gasteiger charge is -2.22. The van der Waals surface area contributed by atoms with Gasteiger partial charge in [0.25, 0.3) is 0 Å². The predicted molar refractivity (Wildman–Crippen MR) is 80.2 cm³/mol. The van der Waals surface area contributed by atoms with Gasteiger partial charge in [0.05, 0.1) is 12.1 Å². The van der Waals surface area contributed by atoms with Gasteiger partial charge >= 0.3 is 0 Å². The Morgan fingerprint density at radius 2 is 2.29 bits per heavy atom.